The topological polar surface area (TPSA) is 39.2 Å². The number of aromatic nitrogens is 1. The van der Waals surface area contributed by atoms with Crippen LogP contribution in [0.1, 0.15) is 5.56 Å². The minimum atomic E-state index is -4.56. The number of benzene rings is 3. The first-order valence-corrected chi connectivity index (χ1v) is 8.72. The molecule has 3 heterocycles. The van der Waals surface area contributed by atoms with Crippen LogP contribution in [0.4, 0.5) is 13.2 Å². The van der Waals surface area contributed by atoms with Crippen molar-refractivity contribution in [1.82, 2.24) is 4.98 Å². The van der Waals surface area contributed by atoms with E-state index in [0.29, 0.717) is 33.2 Å². The molecule has 3 aromatic carbocycles. The molecule has 0 unspecified atom stereocenters. The molecule has 0 saturated heterocycles. The Morgan fingerprint density at radius 1 is 0.714 bits per heavy atom. The van der Waals surface area contributed by atoms with E-state index in [1.807, 2.05) is 30.3 Å². The molecule has 3 aromatic heterocycles. The lowest BCUT2D eigenvalue weighted by molar-refractivity contribution is -0.137. The Bertz CT molecular complexity index is 1650. The summed E-state index contributed by atoms with van der Waals surface area (Å²) in [4.78, 5) is 4.27. The van der Waals surface area contributed by atoms with Crippen LogP contribution in [0.15, 0.2) is 57.5 Å². The fraction of sp³-hybridized carbons (Fsp3) is 0.0455. The second kappa shape index (κ2) is 4.30. The average molecular weight is 375 g/mol. The van der Waals surface area contributed by atoms with Gasteiger partial charge in [0.15, 0.2) is 5.58 Å². The Balaban J connectivity index is 1.92. The zero-order chi connectivity index (χ0) is 18.8. The number of hydrogen-bond acceptors (Lipinski definition) is 3. The molecule has 1 aliphatic rings. The van der Waals surface area contributed by atoms with Crippen LogP contribution in [-0.2, 0) is 6.18 Å². The van der Waals surface area contributed by atoms with Crippen LogP contribution in [0.3, 0.4) is 0 Å². The van der Waals surface area contributed by atoms with E-state index < -0.39 is 11.7 Å². The van der Waals surface area contributed by atoms with E-state index in [0.717, 1.165) is 33.3 Å². The quantitative estimate of drug-likeness (QED) is 0.286. The van der Waals surface area contributed by atoms with E-state index in [2.05, 4.69) is 4.98 Å². The summed E-state index contributed by atoms with van der Waals surface area (Å²) < 4.78 is 52.7. The molecule has 1 aliphatic carbocycles. The Morgan fingerprint density at radius 3 is 2.18 bits per heavy atom. The zero-order valence-corrected chi connectivity index (χ0v) is 14.0. The number of pyridine rings is 1. The molecule has 134 valence electrons. The van der Waals surface area contributed by atoms with Gasteiger partial charge in [-0.2, -0.15) is 13.2 Å². The van der Waals surface area contributed by atoms with E-state index in [1.165, 1.54) is 0 Å². The van der Waals surface area contributed by atoms with Gasteiger partial charge < -0.3 is 8.83 Å². The van der Waals surface area contributed by atoms with E-state index in [-0.39, 0.29) is 5.58 Å². The molecular weight excluding hydrogens is 367 g/mol. The van der Waals surface area contributed by atoms with Gasteiger partial charge in [-0.25, -0.2) is 0 Å². The van der Waals surface area contributed by atoms with Gasteiger partial charge in [-0.05, 0) is 23.6 Å². The summed E-state index contributed by atoms with van der Waals surface area (Å²) in [6.07, 6.45) is -3.69. The molecule has 0 N–H and O–H groups in total. The normalized spacial score (nSPS) is 13.5. The fourth-order valence-corrected chi connectivity index (χ4v) is 4.59. The Labute approximate surface area is 154 Å². The number of nitrogens with zero attached hydrogens (tertiary/aromatic N) is 1. The summed E-state index contributed by atoms with van der Waals surface area (Å²) in [5, 5.41) is 4.62. The van der Waals surface area contributed by atoms with E-state index >= 15 is 0 Å². The van der Waals surface area contributed by atoms with Crippen molar-refractivity contribution < 1.29 is 22.0 Å². The first-order chi connectivity index (χ1) is 13.5. The van der Waals surface area contributed by atoms with Crippen molar-refractivity contribution in [2.75, 3.05) is 0 Å². The maximum absolute atomic E-state index is 13.7. The summed E-state index contributed by atoms with van der Waals surface area (Å²) in [6, 6.07) is 13.0. The molecule has 0 bridgehead atoms. The largest absolute Gasteiger partial charge is 0.456 e. The molecule has 6 aromatic rings. The van der Waals surface area contributed by atoms with E-state index in [9.17, 15) is 13.2 Å². The summed E-state index contributed by atoms with van der Waals surface area (Å²) in [7, 11) is 0. The predicted octanol–water partition coefficient (Wildman–Crippen LogP) is 7.03. The van der Waals surface area contributed by atoms with Gasteiger partial charge in [0.05, 0.1) is 11.1 Å². The van der Waals surface area contributed by atoms with Gasteiger partial charge in [-0.3, -0.25) is 4.98 Å². The smallest absolute Gasteiger partial charge is 0.421 e. The van der Waals surface area contributed by atoms with Gasteiger partial charge in [0, 0.05) is 33.3 Å². The summed E-state index contributed by atoms with van der Waals surface area (Å²) in [6.45, 7) is 0. The van der Waals surface area contributed by atoms with Gasteiger partial charge in [-0.1, -0.05) is 24.3 Å². The lowest BCUT2D eigenvalue weighted by Crippen LogP contribution is -2.06. The van der Waals surface area contributed by atoms with Crippen LogP contribution in [0, 0.1) is 0 Å². The maximum atomic E-state index is 13.7. The molecule has 0 saturated carbocycles. The molecule has 0 atom stereocenters. The van der Waals surface area contributed by atoms with Crippen molar-refractivity contribution in [2.24, 2.45) is 0 Å². The minimum Gasteiger partial charge on any atom is -0.456 e. The second-order valence-electron chi connectivity index (χ2n) is 7.08. The van der Waals surface area contributed by atoms with E-state index in [4.69, 9.17) is 8.83 Å². The predicted molar refractivity (Wildman–Crippen MR) is 100 cm³/mol. The van der Waals surface area contributed by atoms with Crippen LogP contribution in [-0.4, -0.2) is 4.98 Å². The van der Waals surface area contributed by atoms with Crippen molar-refractivity contribution in [3.63, 3.8) is 0 Å². The zero-order valence-electron chi connectivity index (χ0n) is 14.0. The van der Waals surface area contributed by atoms with Gasteiger partial charge in [-0.15, -0.1) is 0 Å². The SMILES string of the molecule is FC(F)(F)c1cnc2c3c1oc1ccc4oc5ccc6cccc-2c6c5c4c13. The molecule has 3 nitrogen and oxygen atoms in total. The maximum Gasteiger partial charge on any atom is 0.421 e. The number of fused-ring (bicyclic) bond motifs is 1. The standard InChI is InChI=1S/C22H8F3NO2/c23-22(24,25)11-8-26-20-10-3-1-2-9-4-5-12-16(15(9)10)17-13(27-12)6-7-14-18(17)19(20)21(11)28-14/h1-8H. The van der Waals surface area contributed by atoms with Gasteiger partial charge in [0.25, 0.3) is 0 Å². The highest BCUT2D eigenvalue weighted by Gasteiger charge is 2.37. The number of hydrogen-bond donors (Lipinski definition) is 0. The lowest BCUT2D eigenvalue weighted by atomic mass is 9.98. The van der Waals surface area contributed by atoms with Crippen molar-refractivity contribution >= 4 is 54.6 Å². The number of halogens is 3. The highest BCUT2D eigenvalue weighted by molar-refractivity contribution is 6.36. The third kappa shape index (κ3) is 1.48. The van der Waals surface area contributed by atoms with Crippen molar-refractivity contribution in [3.8, 4) is 11.3 Å². The van der Waals surface area contributed by atoms with Crippen LogP contribution in [0.5, 0.6) is 0 Å². The highest BCUT2D eigenvalue weighted by atomic mass is 19.4. The minimum absolute atomic E-state index is 0.181. The number of rotatable bonds is 0. The molecule has 0 radical (unpaired) electrons. The van der Waals surface area contributed by atoms with Crippen LogP contribution in [0.25, 0.3) is 65.9 Å². The van der Waals surface area contributed by atoms with Crippen molar-refractivity contribution in [1.29, 1.82) is 0 Å². The van der Waals surface area contributed by atoms with Gasteiger partial charge in [0.2, 0.25) is 0 Å². The fourth-order valence-electron chi connectivity index (χ4n) is 4.59. The molecule has 28 heavy (non-hydrogen) atoms. The Morgan fingerprint density at radius 2 is 1.39 bits per heavy atom. The molecule has 7 rings (SSSR count). The number of furan rings is 2. The summed E-state index contributed by atoms with van der Waals surface area (Å²) in [5.74, 6) is 0. The first kappa shape index (κ1) is 14.5. The van der Waals surface area contributed by atoms with Gasteiger partial charge in [0.1, 0.15) is 22.3 Å². The first-order valence-electron chi connectivity index (χ1n) is 8.72. The van der Waals surface area contributed by atoms with Crippen molar-refractivity contribution in [3.05, 3.63) is 54.2 Å². The summed E-state index contributed by atoms with van der Waals surface area (Å²) in [5.41, 5.74) is 1.95. The molecular formula is C22H8F3NO2. The van der Waals surface area contributed by atoms with Gasteiger partial charge >= 0.3 is 6.18 Å². The van der Waals surface area contributed by atoms with Crippen molar-refractivity contribution in [2.45, 2.75) is 6.18 Å². The molecule has 0 fully saturated rings. The van der Waals surface area contributed by atoms with Crippen LogP contribution < -0.4 is 0 Å². The monoisotopic (exact) mass is 375 g/mol. The molecule has 0 spiro atoms. The van der Waals surface area contributed by atoms with Crippen LogP contribution >= 0.6 is 0 Å². The Kier molecular flexibility index (Phi) is 2.23. The third-order valence-corrected chi connectivity index (χ3v) is 5.66. The molecule has 0 amide bonds. The summed E-state index contributed by atoms with van der Waals surface area (Å²) >= 11 is 0. The van der Waals surface area contributed by atoms with E-state index in [1.54, 1.807) is 12.1 Å². The highest BCUT2D eigenvalue weighted by Crippen LogP contribution is 2.51. The third-order valence-electron chi connectivity index (χ3n) is 5.66. The molecule has 6 heteroatoms. The number of alkyl halides is 3. The van der Waals surface area contributed by atoms with Crippen LogP contribution in [0.2, 0.25) is 0 Å². The second-order valence-corrected chi connectivity index (χ2v) is 7.08. The Hall–Kier alpha value is -3.54. The molecule has 0 aliphatic heterocycles. The average Bonchev–Trinajstić information content (AvgIpc) is 3.19. The lowest BCUT2D eigenvalue weighted by Gasteiger charge is -2.10.